The Bertz CT molecular complexity index is 286. The average molecular weight is 282 g/mol. The predicted molar refractivity (Wildman–Crippen MR) is 79.2 cm³/mol. The highest BCUT2D eigenvalue weighted by Gasteiger charge is 1.90. The maximum absolute atomic E-state index is 10.5. The number of unbranched alkanes of at least 4 members (excludes halogenated alkanes) is 5. The van der Waals surface area contributed by atoms with Gasteiger partial charge in [0.15, 0.2) is 0 Å². The normalized spacial score (nSPS) is 11.1. The predicted octanol–water partition coefficient (Wildman–Crippen LogP) is 3.57. The molecule has 0 bridgehead atoms. The molecule has 0 spiro atoms. The molecule has 0 fully saturated rings. The first-order valence-corrected chi connectivity index (χ1v) is 7.19. The van der Waals surface area contributed by atoms with E-state index in [9.17, 15) is 9.59 Å². The van der Waals surface area contributed by atoms with Gasteiger partial charge in [-0.25, -0.2) is 0 Å². The fraction of sp³-hybridized carbons (Fsp3) is 0.625. The molecule has 0 aromatic carbocycles. The molecule has 0 saturated heterocycles. The van der Waals surface area contributed by atoms with E-state index in [-0.39, 0.29) is 11.9 Å². The van der Waals surface area contributed by atoms with Gasteiger partial charge in [0.1, 0.15) is 13.2 Å². The van der Waals surface area contributed by atoms with Gasteiger partial charge in [0.2, 0.25) is 0 Å². The van der Waals surface area contributed by atoms with Gasteiger partial charge >= 0.3 is 11.9 Å². The highest BCUT2D eigenvalue weighted by Crippen LogP contribution is 2.06. The van der Waals surface area contributed by atoms with Crippen LogP contribution in [0.3, 0.4) is 0 Å². The molecule has 4 nitrogen and oxygen atoms in total. The number of rotatable bonds is 11. The molecule has 0 unspecified atom stereocenters. The van der Waals surface area contributed by atoms with Gasteiger partial charge < -0.3 is 9.47 Å². The Morgan fingerprint density at radius 3 is 1.45 bits per heavy atom. The molecule has 0 aromatic heterocycles. The third kappa shape index (κ3) is 16.4. The number of esters is 2. The molecule has 0 atom stereocenters. The second-order valence-corrected chi connectivity index (χ2v) is 4.54. The van der Waals surface area contributed by atoms with E-state index in [1.807, 2.05) is 12.2 Å². The van der Waals surface area contributed by atoms with Crippen LogP contribution in [0.2, 0.25) is 0 Å². The molecule has 20 heavy (non-hydrogen) atoms. The number of ether oxygens (including phenoxy) is 2. The zero-order chi connectivity index (χ0) is 15.1. The topological polar surface area (TPSA) is 52.6 Å². The highest BCUT2D eigenvalue weighted by molar-refractivity contribution is 5.66. The maximum Gasteiger partial charge on any atom is 0.302 e. The Morgan fingerprint density at radius 2 is 1.10 bits per heavy atom. The molecule has 4 heteroatoms. The van der Waals surface area contributed by atoms with Gasteiger partial charge in [-0.3, -0.25) is 9.59 Å². The van der Waals surface area contributed by atoms with E-state index in [1.165, 1.54) is 26.7 Å². The lowest BCUT2D eigenvalue weighted by Gasteiger charge is -1.98. The van der Waals surface area contributed by atoms with E-state index >= 15 is 0 Å². The molecule has 0 N–H and O–H groups in total. The maximum atomic E-state index is 10.5. The highest BCUT2D eigenvalue weighted by atomic mass is 16.5. The fourth-order valence-electron chi connectivity index (χ4n) is 1.58. The molecule has 0 radical (unpaired) electrons. The Balaban J connectivity index is 3.20. The van der Waals surface area contributed by atoms with Crippen molar-refractivity contribution in [3.63, 3.8) is 0 Å². The van der Waals surface area contributed by atoms with Crippen molar-refractivity contribution in [1.82, 2.24) is 0 Å². The Kier molecular flexibility index (Phi) is 12.7. The third-order valence-electron chi connectivity index (χ3n) is 2.59. The largest absolute Gasteiger partial charge is 0.462 e. The molecule has 0 rings (SSSR count). The van der Waals surface area contributed by atoms with E-state index in [2.05, 4.69) is 12.2 Å². The summed E-state index contributed by atoms with van der Waals surface area (Å²) in [6.45, 7) is 3.58. The minimum atomic E-state index is -0.239. The van der Waals surface area contributed by atoms with E-state index in [1.54, 1.807) is 0 Å². The summed E-state index contributed by atoms with van der Waals surface area (Å²) in [6.07, 6.45) is 14.7. The van der Waals surface area contributed by atoms with Crippen molar-refractivity contribution in [1.29, 1.82) is 0 Å². The Hall–Kier alpha value is -1.58. The van der Waals surface area contributed by atoms with Crippen molar-refractivity contribution in [2.24, 2.45) is 0 Å². The van der Waals surface area contributed by atoms with Crippen molar-refractivity contribution in [3.8, 4) is 0 Å². The zero-order valence-corrected chi connectivity index (χ0v) is 12.6. The van der Waals surface area contributed by atoms with Gasteiger partial charge in [-0.2, -0.15) is 0 Å². The molecular weight excluding hydrogens is 256 g/mol. The lowest BCUT2D eigenvalue weighted by atomic mass is 10.1. The monoisotopic (exact) mass is 282 g/mol. The molecule has 0 saturated carbocycles. The second-order valence-electron chi connectivity index (χ2n) is 4.54. The quantitative estimate of drug-likeness (QED) is 0.330. The fourth-order valence-corrected chi connectivity index (χ4v) is 1.58. The van der Waals surface area contributed by atoms with Gasteiger partial charge in [-0.15, -0.1) is 0 Å². The standard InChI is InChI=1S/C16H26O4/c1-15(17)19-13-11-9-7-5-3-4-6-8-10-12-14-20-16(2)18/h9-12H,3-8,13-14H2,1-2H3. The lowest BCUT2D eigenvalue weighted by molar-refractivity contribution is -0.140. The molecule has 114 valence electrons. The van der Waals surface area contributed by atoms with Crippen LogP contribution in [-0.2, 0) is 19.1 Å². The number of carbonyl (C=O) groups is 2. The van der Waals surface area contributed by atoms with Gasteiger partial charge in [-0.1, -0.05) is 37.1 Å². The first-order chi connectivity index (χ1) is 9.63. The summed E-state index contributed by atoms with van der Waals surface area (Å²) in [6, 6.07) is 0. The summed E-state index contributed by atoms with van der Waals surface area (Å²) in [7, 11) is 0. The molecule has 0 aliphatic rings. The van der Waals surface area contributed by atoms with Crippen LogP contribution in [0.25, 0.3) is 0 Å². The summed E-state index contributed by atoms with van der Waals surface area (Å²) >= 11 is 0. The van der Waals surface area contributed by atoms with Crippen molar-refractivity contribution in [3.05, 3.63) is 24.3 Å². The minimum Gasteiger partial charge on any atom is -0.462 e. The summed E-state index contributed by atoms with van der Waals surface area (Å²) < 4.78 is 9.57. The average Bonchev–Trinajstić information content (AvgIpc) is 2.38. The first-order valence-electron chi connectivity index (χ1n) is 7.19. The SMILES string of the molecule is CC(=O)OCC=CCCCCCCC=CCOC(C)=O. The summed E-state index contributed by atoms with van der Waals surface area (Å²) in [5.41, 5.74) is 0. The van der Waals surface area contributed by atoms with Gasteiger partial charge in [0, 0.05) is 13.8 Å². The van der Waals surface area contributed by atoms with Crippen molar-refractivity contribution < 1.29 is 19.1 Å². The Morgan fingerprint density at radius 1 is 0.700 bits per heavy atom. The minimum absolute atomic E-state index is 0.239. The lowest BCUT2D eigenvalue weighted by Crippen LogP contribution is -1.97. The second kappa shape index (κ2) is 13.8. The summed E-state index contributed by atoms with van der Waals surface area (Å²) in [5.74, 6) is -0.479. The van der Waals surface area contributed by atoms with Crippen LogP contribution >= 0.6 is 0 Å². The van der Waals surface area contributed by atoms with Crippen molar-refractivity contribution in [2.75, 3.05) is 13.2 Å². The molecular formula is C16H26O4. The van der Waals surface area contributed by atoms with E-state index in [0.29, 0.717) is 13.2 Å². The number of hydrogen-bond donors (Lipinski definition) is 0. The van der Waals surface area contributed by atoms with Crippen molar-refractivity contribution in [2.45, 2.75) is 52.4 Å². The first kappa shape index (κ1) is 18.4. The molecule has 0 aliphatic heterocycles. The number of allylic oxidation sites excluding steroid dienone is 2. The molecule has 0 amide bonds. The molecule has 0 aliphatic carbocycles. The van der Waals surface area contributed by atoms with Gasteiger partial charge in [0.25, 0.3) is 0 Å². The molecule has 0 heterocycles. The van der Waals surface area contributed by atoms with E-state index in [0.717, 1.165) is 25.7 Å². The number of hydrogen-bond acceptors (Lipinski definition) is 4. The van der Waals surface area contributed by atoms with Crippen LogP contribution in [0.15, 0.2) is 24.3 Å². The third-order valence-corrected chi connectivity index (χ3v) is 2.59. The zero-order valence-electron chi connectivity index (χ0n) is 12.6. The number of carbonyl (C=O) groups excluding carboxylic acids is 2. The smallest absolute Gasteiger partial charge is 0.302 e. The summed E-state index contributed by atoms with van der Waals surface area (Å²) in [4.78, 5) is 21.0. The van der Waals surface area contributed by atoms with Crippen LogP contribution < -0.4 is 0 Å². The summed E-state index contributed by atoms with van der Waals surface area (Å²) in [5, 5.41) is 0. The van der Waals surface area contributed by atoms with E-state index < -0.39 is 0 Å². The van der Waals surface area contributed by atoms with Crippen LogP contribution in [0.1, 0.15) is 52.4 Å². The van der Waals surface area contributed by atoms with Crippen molar-refractivity contribution >= 4 is 11.9 Å². The van der Waals surface area contributed by atoms with Crippen LogP contribution in [0, 0.1) is 0 Å². The van der Waals surface area contributed by atoms with E-state index in [4.69, 9.17) is 9.47 Å². The van der Waals surface area contributed by atoms with Gasteiger partial charge in [-0.05, 0) is 25.7 Å². The molecule has 0 aromatic rings. The van der Waals surface area contributed by atoms with Gasteiger partial charge in [0.05, 0.1) is 0 Å². The van der Waals surface area contributed by atoms with Crippen LogP contribution in [0.5, 0.6) is 0 Å². The van der Waals surface area contributed by atoms with Crippen LogP contribution in [-0.4, -0.2) is 25.2 Å². The van der Waals surface area contributed by atoms with Crippen LogP contribution in [0.4, 0.5) is 0 Å². The Labute approximate surface area is 121 Å².